The summed E-state index contributed by atoms with van der Waals surface area (Å²) in [6.45, 7) is 1.89. The van der Waals surface area contributed by atoms with E-state index in [9.17, 15) is 4.79 Å². The molecule has 1 aromatic heterocycles. The molecule has 1 fully saturated rings. The van der Waals surface area contributed by atoms with Crippen LogP contribution in [0.25, 0.3) is 0 Å². The van der Waals surface area contributed by atoms with Gasteiger partial charge in [0.15, 0.2) is 0 Å². The van der Waals surface area contributed by atoms with Gasteiger partial charge in [0.2, 0.25) is 5.91 Å². The maximum absolute atomic E-state index is 12.4. The summed E-state index contributed by atoms with van der Waals surface area (Å²) in [4.78, 5) is 12.7. The van der Waals surface area contributed by atoms with Gasteiger partial charge in [-0.25, -0.2) is 0 Å². The van der Waals surface area contributed by atoms with E-state index >= 15 is 0 Å². The lowest BCUT2D eigenvalue weighted by Gasteiger charge is -2.27. The number of hydrogen-bond donors (Lipinski definition) is 2. The lowest BCUT2D eigenvalue weighted by molar-refractivity contribution is -0.128. The molecule has 18 heavy (non-hydrogen) atoms. The number of thiocarbonyl (C=S) groups is 1. The Hall–Kier alpha value is -1.36. The van der Waals surface area contributed by atoms with Gasteiger partial charge in [0, 0.05) is 0 Å². The maximum Gasteiger partial charge on any atom is 0.233 e. The van der Waals surface area contributed by atoms with Crippen molar-refractivity contribution < 1.29 is 9.21 Å². The van der Waals surface area contributed by atoms with Crippen LogP contribution in [0.3, 0.4) is 0 Å². The Kier molecular flexibility index (Phi) is 3.71. The Morgan fingerprint density at radius 1 is 1.56 bits per heavy atom. The van der Waals surface area contributed by atoms with Gasteiger partial charge in [0.1, 0.15) is 5.76 Å². The molecule has 1 unspecified atom stereocenters. The van der Waals surface area contributed by atoms with E-state index in [1.54, 1.807) is 12.3 Å². The van der Waals surface area contributed by atoms with Gasteiger partial charge in [-0.3, -0.25) is 4.79 Å². The first-order valence-electron chi connectivity index (χ1n) is 6.20. The van der Waals surface area contributed by atoms with E-state index < -0.39 is 5.41 Å². The third kappa shape index (κ3) is 2.27. The Bertz CT molecular complexity index is 436. The van der Waals surface area contributed by atoms with E-state index in [1.165, 1.54) is 0 Å². The molecule has 1 aromatic rings. The zero-order chi connectivity index (χ0) is 13.2. The van der Waals surface area contributed by atoms with Crippen molar-refractivity contribution in [3.63, 3.8) is 0 Å². The second kappa shape index (κ2) is 5.10. The summed E-state index contributed by atoms with van der Waals surface area (Å²) < 4.78 is 5.27. The summed E-state index contributed by atoms with van der Waals surface area (Å²) in [6.07, 6.45) is 5.09. The second-order valence-corrected chi connectivity index (χ2v) is 5.30. The molecule has 5 heteroatoms. The average molecular weight is 266 g/mol. The molecule has 1 aliphatic rings. The summed E-state index contributed by atoms with van der Waals surface area (Å²) in [6, 6.07) is 3.48. The van der Waals surface area contributed by atoms with Crippen LogP contribution in [-0.4, -0.2) is 10.9 Å². The topological polar surface area (TPSA) is 68.3 Å². The third-order valence-electron chi connectivity index (χ3n) is 3.68. The molecule has 0 spiro atoms. The molecule has 0 radical (unpaired) electrons. The first kappa shape index (κ1) is 13.1. The maximum atomic E-state index is 12.4. The minimum Gasteiger partial charge on any atom is -0.467 e. The van der Waals surface area contributed by atoms with Crippen molar-refractivity contribution >= 4 is 23.1 Å². The fourth-order valence-electron chi connectivity index (χ4n) is 2.51. The Morgan fingerprint density at radius 3 is 2.72 bits per heavy atom. The van der Waals surface area contributed by atoms with Crippen LogP contribution in [0, 0.1) is 5.41 Å². The predicted molar refractivity (Wildman–Crippen MR) is 73.0 cm³/mol. The second-order valence-electron chi connectivity index (χ2n) is 4.86. The van der Waals surface area contributed by atoms with Crippen molar-refractivity contribution in [2.75, 3.05) is 0 Å². The summed E-state index contributed by atoms with van der Waals surface area (Å²) in [5.41, 5.74) is 5.12. The molecule has 1 heterocycles. The standard InChI is InChI=1S/C13H18N2O2S/c1-9(10-5-4-8-17-10)15-12(16)13(11(14)18)6-2-3-7-13/h4-5,8-9H,2-3,6-7H2,1H3,(H2,14,18)(H,15,16). The van der Waals surface area contributed by atoms with Gasteiger partial charge in [-0.2, -0.15) is 0 Å². The van der Waals surface area contributed by atoms with Gasteiger partial charge in [-0.05, 0) is 31.9 Å². The van der Waals surface area contributed by atoms with Crippen LogP contribution >= 0.6 is 12.2 Å². The molecule has 1 aliphatic carbocycles. The minimum atomic E-state index is -0.657. The molecule has 2 rings (SSSR count). The Morgan fingerprint density at radius 2 is 2.22 bits per heavy atom. The number of amides is 1. The number of rotatable bonds is 4. The highest BCUT2D eigenvalue weighted by molar-refractivity contribution is 7.80. The van der Waals surface area contributed by atoms with Crippen LogP contribution in [0.1, 0.15) is 44.4 Å². The van der Waals surface area contributed by atoms with Crippen LogP contribution in [-0.2, 0) is 4.79 Å². The SMILES string of the molecule is CC(NC(=O)C1(C(N)=S)CCCC1)c1ccco1. The molecule has 98 valence electrons. The molecule has 0 aromatic carbocycles. The van der Waals surface area contributed by atoms with Crippen molar-refractivity contribution in [1.29, 1.82) is 0 Å². The van der Waals surface area contributed by atoms with Crippen molar-refractivity contribution in [2.24, 2.45) is 11.1 Å². The van der Waals surface area contributed by atoms with E-state index in [-0.39, 0.29) is 11.9 Å². The van der Waals surface area contributed by atoms with E-state index in [0.29, 0.717) is 4.99 Å². The van der Waals surface area contributed by atoms with E-state index in [1.807, 2.05) is 13.0 Å². The third-order valence-corrected chi connectivity index (χ3v) is 4.07. The highest BCUT2D eigenvalue weighted by atomic mass is 32.1. The molecular weight excluding hydrogens is 248 g/mol. The average Bonchev–Trinajstić information content (AvgIpc) is 3.01. The number of furan rings is 1. The number of carbonyl (C=O) groups excluding carboxylic acids is 1. The van der Waals surface area contributed by atoms with Gasteiger partial charge in [-0.1, -0.05) is 25.1 Å². The van der Waals surface area contributed by atoms with E-state index in [4.69, 9.17) is 22.4 Å². The van der Waals surface area contributed by atoms with Gasteiger partial charge < -0.3 is 15.5 Å². The summed E-state index contributed by atoms with van der Waals surface area (Å²) >= 11 is 5.09. The minimum absolute atomic E-state index is 0.0728. The van der Waals surface area contributed by atoms with Crippen LogP contribution in [0.15, 0.2) is 22.8 Å². The van der Waals surface area contributed by atoms with Crippen LogP contribution in [0.4, 0.5) is 0 Å². The fraction of sp³-hybridized carbons (Fsp3) is 0.538. The zero-order valence-electron chi connectivity index (χ0n) is 10.4. The molecule has 3 N–H and O–H groups in total. The highest BCUT2D eigenvalue weighted by Crippen LogP contribution is 2.39. The quantitative estimate of drug-likeness (QED) is 0.821. The normalized spacial score (nSPS) is 19.4. The van der Waals surface area contributed by atoms with E-state index in [2.05, 4.69) is 5.32 Å². The Labute approximate surface area is 112 Å². The van der Waals surface area contributed by atoms with Crippen molar-refractivity contribution in [3.05, 3.63) is 24.2 Å². The fourth-order valence-corrected chi connectivity index (χ4v) is 2.80. The first-order valence-corrected chi connectivity index (χ1v) is 6.61. The van der Waals surface area contributed by atoms with Gasteiger partial charge in [0.05, 0.1) is 22.7 Å². The zero-order valence-corrected chi connectivity index (χ0v) is 11.3. The lowest BCUT2D eigenvalue weighted by atomic mass is 9.85. The van der Waals surface area contributed by atoms with Gasteiger partial charge >= 0.3 is 0 Å². The van der Waals surface area contributed by atoms with Crippen LogP contribution in [0.5, 0.6) is 0 Å². The molecule has 0 saturated heterocycles. The van der Waals surface area contributed by atoms with Crippen LogP contribution in [0.2, 0.25) is 0 Å². The summed E-state index contributed by atoms with van der Waals surface area (Å²) in [5, 5.41) is 2.95. The number of nitrogens with one attached hydrogen (secondary N) is 1. The van der Waals surface area contributed by atoms with Crippen molar-refractivity contribution in [3.8, 4) is 0 Å². The largest absolute Gasteiger partial charge is 0.467 e. The molecule has 1 amide bonds. The highest BCUT2D eigenvalue weighted by Gasteiger charge is 2.44. The summed E-state index contributed by atoms with van der Waals surface area (Å²) in [5.74, 6) is 0.663. The lowest BCUT2D eigenvalue weighted by Crippen LogP contribution is -2.47. The smallest absolute Gasteiger partial charge is 0.233 e. The molecule has 0 aliphatic heterocycles. The molecule has 0 bridgehead atoms. The number of carbonyl (C=O) groups is 1. The molecule has 1 saturated carbocycles. The monoisotopic (exact) mass is 266 g/mol. The predicted octanol–water partition coefficient (Wildman–Crippen LogP) is 2.30. The molecule has 1 atom stereocenters. The van der Waals surface area contributed by atoms with Gasteiger partial charge in [-0.15, -0.1) is 0 Å². The van der Waals surface area contributed by atoms with Crippen molar-refractivity contribution in [1.82, 2.24) is 5.32 Å². The summed E-state index contributed by atoms with van der Waals surface area (Å²) in [7, 11) is 0. The van der Waals surface area contributed by atoms with E-state index in [0.717, 1.165) is 31.4 Å². The molecular formula is C13H18N2O2S. The first-order chi connectivity index (χ1) is 8.56. The van der Waals surface area contributed by atoms with Crippen molar-refractivity contribution in [2.45, 2.75) is 38.6 Å². The van der Waals surface area contributed by atoms with Gasteiger partial charge in [0.25, 0.3) is 0 Å². The molecule has 4 nitrogen and oxygen atoms in total. The Balaban J connectivity index is 2.09. The number of hydrogen-bond acceptors (Lipinski definition) is 3. The van der Waals surface area contributed by atoms with Crippen LogP contribution < -0.4 is 11.1 Å². The number of nitrogens with two attached hydrogens (primary N) is 1.